The molecule has 1 aromatic carbocycles. The molecule has 1 fully saturated rings. The number of ether oxygens (including phenoxy) is 1. The van der Waals surface area contributed by atoms with Gasteiger partial charge in [0.2, 0.25) is 11.8 Å². The summed E-state index contributed by atoms with van der Waals surface area (Å²) in [5.41, 5.74) is 0. The molecule has 21 heavy (non-hydrogen) atoms. The maximum Gasteiger partial charge on any atom is 0.239 e. The van der Waals surface area contributed by atoms with Gasteiger partial charge in [0.25, 0.3) is 0 Å². The van der Waals surface area contributed by atoms with Crippen LogP contribution in [-0.4, -0.2) is 31.0 Å². The van der Waals surface area contributed by atoms with Gasteiger partial charge < -0.3 is 15.4 Å². The van der Waals surface area contributed by atoms with Crippen molar-refractivity contribution in [1.82, 2.24) is 10.6 Å². The molecule has 0 radical (unpaired) electrons. The molecule has 1 aromatic rings. The highest BCUT2D eigenvalue weighted by Gasteiger charge is 2.23. The summed E-state index contributed by atoms with van der Waals surface area (Å²) >= 11 is 0. The molecule has 0 atom stereocenters. The maximum absolute atomic E-state index is 12.9. The van der Waals surface area contributed by atoms with Gasteiger partial charge in [-0.3, -0.25) is 9.59 Å². The fourth-order valence-electron chi connectivity index (χ4n) is 1.75. The molecule has 2 N–H and O–H groups in total. The summed E-state index contributed by atoms with van der Waals surface area (Å²) in [5, 5.41) is 5.35. The van der Waals surface area contributed by atoms with Gasteiger partial charge in [-0.2, -0.15) is 0 Å². The first-order chi connectivity index (χ1) is 10.1. The van der Waals surface area contributed by atoms with Crippen LogP contribution in [0.4, 0.5) is 4.39 Å². The van der Waals surface area contributed by atoms with Crippen LogP contribution in [0, 0.1) is 5.82 Å². The van der Waals surface area contributed by atoms with E-state index in [0.717, 1.165) is 12.8 Å². The average Bonchev–Trinajstić information content (AvgIpc) is 3.25. The van der Waals surface area contributed by atoms with E-state index < -0.39 is 0 Å². The fourth-order valence-corrected chi connectivity index (χ4v) is 1.75. The first kappa shape index (κ1) is 15.3. The highest BCUT2D eigenvalue weighted by Crippen LogP contribution is 2.18. The van der Waals surface area contributed by atoms with Crippen molar-refractivity contribution in [3.8, 4) is 5.75 Å². The van der Waals surface area contributed by atoms with Crippen LogP contribution in [0.25, 0.3) is 0 Å². The summed E-state index contributed by atoms with van der Waals surface area (Å²) in [6.07, 6.45) is 2.83. The Morgan fingerprint density at radius 2 is 2.10 bits per heavy atom. The molecule has 1 saturated carbocycles. The Labute approximate surface area is 122 Å². The zero-order chi connectivity index (χ0) is 15.1. The van der Waals surface area contributed by atoms with Gasteiger partial charge >= 0.3 is 0 Å². The Bertz CT molecular complexity index is 503. The smallest absolute Gasteiger partial charge is 0.239 e. The van der Waals surface area contributed by atoms with E-state index in [1.807, 2.05) is 0 Å². The molecule has 1 aliphatic rings. The molecule has 0 saturated heterocycles. The van der Waals surface area contributed by atoms with Gasteiger partial charge in [0.1, 0.15) is 11.6 Å². The van der Waals surface area contributed by atoms with Gasteiger partial charge in [0.15, 0.2) is 0 Å². The van der Waals surface area contributed by atoms with Crippen LogP contribution in [0.3, 0.4) is 0 Å². The van der Waals surface area contributed by atoms with E-state index in [4.69, 9.17) is 4.74 Å². The minimum atomic E-state index is -0.355. The van der Waals surface area contributed by atoms with Crippen LogP contribution in [0.2, 0.25) is 0 Å². The Balaban J connectivity index is 1.53. The van der Waals surface area contributed by atoms with E-state index in [1.165, 1.54) is 12.1 Å². The lowest BCUT2D eigenvalue weighted by molar-refractivity contribution is -0.126. The number of carbonyl (C=O) groups excluding carboxylic acids is 2. The number of hydrogen-bond acceptors (Lipinski definition) is 3. The standard InChI is InChI=1S/C15H19FN2O3/c16-11-3-1-4-13(9-11)21-8-2-5-14(19)17-10-15(20)18-12-6-7-12/h1,3-4,9,12H,2,5-8,10H2,(H,17,19)(H,18,20). The largest absolute Gasteiger partial charge is 0.493 e. The Hall–Kier alpha value is -2.11. The minimum Gasteiger partial charge on any atom is -0.493 e. The van der Waals surface area contributed by atoms with Crippen molar-refractivity contribution in [3.05, 3.63) is 30.1 Å². The number of rotatable bonds is 8. The van der Waals surface area contributed by atoms with Gasteiger partial charge in [-0.15, -0.1) is 0 Å². The highest BCUT2D eigenvalue weighted by molar-refractivity contribution is 5.84. The molecule has 0 unspecified atom stereocenters. The number of nitrogens with one attached hydrogen (secondary N) is 2. The third kappa shape index (κ3) is 6.25. The van der Waals surface area contributed by atoms with Crippen molar-refractivity contribution in [3.63, 3.8) is 0 Å². The quantitative estimate of drug-likeness (QED) is 0.712. The molecule has 2 rings (SSSR count). The molecule has 114 valence electrons. The van der Waals surface area contributed by atoms with Crippen molar-refractivity contribution in [2.24, 2.45) is 0 Å². The first-order valence-corrected chi connectivity index (χ1v) is 7.08. The zero-order valence-electron chi connectivity index (χ0n) is 11.7. The van der Waals surface area contributed by atoms with Crippen molar-refractivity contribution in [2.75, 3.05) is 13.2 Å². The fraction of sp³-hybridized carbons (Fsp3) is 0.467. The highest BCUT2D eigenvalue weighted by atomic mass is 19.1. The molecular formula is C15H19FN2O3. The number of hydrogen-bond donors (Lipinski definition) is 2. The van der Waals surface area contributed by atoms with Crippen LogP contribution in [0.1, 0.15) is 25.7 Å². The van der Waals surface area contributed by atoms with Crippen molar-refractivity contribution in [2.45, 2.75) is 31.7 Å². The van der Waals surface area contributed by atoms with Crippen LogP contribution < -0.4 is 15.4 Å². The molecule has 5 nitrogen and oxygen atoms in total. The second-order valence-electron chi connectivity index (χ2n) is 5.03. The van der Waals surface area contributed by atoms with Crippen molar-refractivity contribution >= 4 is 11.8 Å². The lowest BCUT2D eigenvalue weighted by Crippen LogP contribution is -2.37. The van der Waals surface area contributed by atoms with Crippen LogP contribution in [0.5, 0.6) is 5.75 Å². The Morgan fingerprint density at radius 3 is 2.81 bits per heavy atom. The van der Waals surface area contributed by atoms with Crippen LogP contribution in [0.15, 0.2) is 24.3 Å². The molecular weight excluding hydrogens is 275 g/mol. The van der Waals surface area contributed by atoms with E-state index in [2.05, 4.69) is 10.6 Å². The second-order valence-corrected chi connectivity index (χ2v) is 5.03. The first-order valence-electron chi connectivity index (χ1n) is 7.08. The third-order valence-electron chi connectivity index (χ3n) is 3.00. The van der Waals surface area contributed by atoms with E-state index in [1.54, 1.807) is 12.1 Å². The summed E-state index contributed by atoms with van der Waals surface area (Å²) in [5.74, 6) is -0.253. The van der Waals surface area contributed by atoms with Gasteiger partial charge in [-0.25, -0.2) is 4.39 Å². The van der Waals surface area contributed by atoms with E-state index in [9.17, 15) is 14.0 Å². The SMILES string of the molecule is O=C(CCCOc1cccc(F)c1)NCC(=O)NC1CC1. The normalized spacial score (nSPS) is 13.6. The van der Waals surface area contributed by atoms with Gasteiger partial charge in [-0.05, 0) is 31.4 Å². The summed E-state index contributed by atoms with van der Waals surface area (Å²) in [6.45, 7) is 0.339. The lowest BCUT2D eigenvalue weighted by atomic mass is 10.3. The average molecular weight is 294 g/mol. The predicted octanol–water partition coefficient (Wildman–Crippen LogP) is 1.38. The topological polar surface area (TPSA) is 67.4 Å². The van der Waals surface area contributed by atoms with E-state index >= 15 is 0 Å². The minimum absolute atomic E-state index is 0.0140. The zero-order valence-corrected chi connectivity index (χ0v) is 11.7. The molecule has 1 aliphatic carbocycles. The Morgan fingerprint density at radius 1 is 1.29 bits per heavy atom. The summed E-state index contributed by atoms with van der Waals surface area (Å²) in [4.78, 5) is 22.9. The lowest BCUT2D eigenvalue weighted by Gasteiger charge is -2.07. The maximum atomic E-state index is 12.9. The number of halogens is 1. The van der Waals surface area contributed by atoms with Crippen molar-refractivity contribution in [1.29, 1.82) is 0 Å². The summed E-state index contributed by atoms with van der Waals surface area (Å²) in [7, 11) is 0. The molecule has 0 aliphatic heterocycles. The molecule has 0 heterocycles. The number of benzene rings is 1. The van der Waals surface area contributed by atoms with E-state index in [0.29, 0.717) is 24.8 Å². The molecule has 0 spiro atoms. The van der Waals surface area contributed by atoms with Gasteiger partial charge in [-0.1, -0.05) is 6.07 Å². The van der Waals surface area contributed by atoms with Crippen molar-refractivity contribution < 1.29 is 18.7 Å². The molecule has 6 heteroatoms. The van der Waals surface area contributed by atoms with Gasteiger partial charge in [0, 0.05) is 18.5 Å². The third-order valence-corrected chi connectivity index (χ3v) is 3.00. The second kappa shape index (κ2) is 7.61. The predicted molar refractivity (Wildman–Crippen MR) is 75.3 cm³/mol. The van der Waals surface area contributed by atoms with Crippen LogP contribution in [-0.2, 0) is 9.59 Å². The monoisotopic (exact) mass is 294 g/mol. The van der Waals surface area contributed by atoms with Crippen LogP contribution >= 0.6 is 0 Å². The summed E-state index contributed by atoms with van der Waals surface area (Å²) < 4.78 is 18.2. The number of amides is 2. The number of carbonyl (C=O) groups is 2. The molecule has 2 amide bonds. The molecule has 0 aromatic heterocycles. The van der Waals surface area contributed by atoms with E-state index in [-0.39, 0.29) is 30.6 Å². The summed E-state index contributed by atoms with van der Waals surface area (Å²) in [6, 6.07) is 6.16. The molecule has 0 bridgehead atoms. The Kier molecular flexibility index (Phi) is 5.54. The van der Waals surface area contributed by atoms with Gasteiger partial charge in [0.05, 0.1) is 13.2 Å².